The molecule has 0 aliphatic rings. The lowest BCUT2D eigenvalue weighted by Gasteiger charge is -2.07. The summed E-state index contributed by atoms with van der Waals surface area (Å²) >= 11 is 0. The zero-order chi connectivity index (χ0) is 14.0. The van der Waals surface area contributed by atoms with Crippen molar-refractivity contribution in [3.63, 3.8) is 0 Å². The summed E-state index contributed by atoms with van der Waals surface area (Å²) in [4.78, 5) is 17.8. The summed E-state index contributed by atoms with van der Waals surface area (Å²) in [5, 5.41) is 4.26. The third-order valence-corrected chi connectivity index (χ3v) is 2.62. The lowest BCUT2D eigenvalue weighted by atomic mass is 10.1. The highest BCUT2D eigenvalue weighted by Crippen LogP contribution is 2.17. The van der Waals surface area contributed by atoms with Crippen molar-refractivity contribution in [2.75, 3.05) is 21.2 Å². The number of Topliss-reactive ketones (excluding diaryl/α,β-unsaturated/α-hetero) is 1. The third kappa shape index (κ3) is 2.57. The van der Waals surface area contributed by atoms with Gasteiger partial charge in [-0.1, -0.05) is 0 Å². The van der Waals surface area contributed by atoms with Crippen LogP contribution in [0.5, 0.6) is 5.88 Å². The molecule has 0 atom stereocenters. The lowest BCUT2D eigenvalue weighted by molar-refractivity contribution is 0.101. The van der Waals surface area contributed by atoms with Crippen LogP contribution < -0.4 is 4.74 Å². The molecule has 0 aliphatic carbocycles. The highest BCUT2D eigenvalue weighted by atomic mass is 16.5. The van der Waals surface area contributed by atoms with E-state index in [0.29, 0.717) is 22.8 Å². The van der Waals surface area contributed by atoms with E-state index in [2.05, 4.69) is 10.1 Å². The largest absolute Gasteiger partial charge is 0.480 e. The second-order valence-corrected chi connectivity index (χ2v) is 4.35. The van der Waals surface area contributed by atoms with Gasteiger partial charge < -0.3 is 9.64 Å². The zero-order valence-corrected chi connectivity index (χ0v) is 11.4. The molecule has 2 rings (SSSR count). The zero-order valence-electron chi connectivity index (χ0n) is 11.4. The summed E-state index contributed by atoms with van der Waals surface area (Å²) in [7, 11) is 5.36. The van der Waals surface area contributed by atoms with Gasteiger partial charge in [0.15, 0.2) is 11.4 Å². The number of fused-ring (bicyclic) bond motifs is 1. The smallest absolute Gasteiger partial charge is 0.235 e. The minimum atomic E-state index is -0.0535. The molecule has 0 amide bonds. The molecule has 0 aliphatic heterocycles. The molecule has 0 unspecified atom stereocenters. The Labute approximate surface area is 111 Å². The molecule has 0 N–H and O–H groups in total. The average Bonchev–Trinajstić information content (AvgIpc) is 2.78. The van der Waals surface area contributed by atoms with E-state index in [0.717, 1.165) is 0 Å². The fraction of sp³-hybridized carbons (Fsp3) is 0.308. The van der Waals surface area contributed by atoms with Crippen LogP contribution in [0.15, 0.2) is 18.5 Å². The van der Waals surface area contributed by atoms with Crippen LogP contribution in [0.25, 0.3) is 11.7 Å². The van der Waals surface area contributed by atoms with Gasteiger partial charge in [0, 0.05) is 32.6 Å². The number of methoxy groups -OCH3 is 1. The number of ether oxygens (including phenoxy) is 1. The van der Waals surface area contributed by atoms with Crippen LogP contribution in [0.1, 0.15) is 23.0 Å². The van der Waals surface area contributed by atoms with Crippen LogP contribution >= 0.6 is 0 Å². The Morgan fingerprint density at radius 3 is 2.79 bits per heavy atom. The van der Waals surface area contributed by atoms with Crippen LogP contribution in [0.3, 0.4) is 0 Å². The van der Waals surface area contributed by atoms with Gasteiger partial charge in [-0.25, -0.2) is 9.50 Å². The number of hydrogen-bond acceptors (Lipinski definition) is 5. The van der Waals surface area contributed by atoms with Crippen molar-refractivity contribution in [2.24, 2.45) is 0 Å². The molecular formula is C13H16N4O2. The SMILES string of the molecule is COc1cc2ncc(C(C)=O)c(/C=C/N(C)C)n2n1. The van der Waals surface area contributed by atoms with Gasteiger partial charge in [0.2, 0.25) is 5.88 Å². The molecule has 6 heteroatoms. The number of aromatic nitrogens is 3. The van der Waals surface area contributed by atoms with Gasteiger partial charge in [0.25, 0.3) is 0 Å². The number of nitrogens with zero attached hydrogens (tertiary/aromatic N) is 4. The molecule has 0 saturated carbocycles. The van der Waals surface area contributed by atoms with E-state index in [1.807, 2.05) is 31.3 Å². The molecule has 0 fully saturated rings. The van der Waals surface area contributed by atoms with E-state index >= 15 is 0 Å². The van der Waals surface area contributed by atoms with Gasteiger partial charge in [0.05, 0.1) is 18.4 Å². The van der Waals surface area contributed by atoms with Crippen LogP contribution in [0.2, 0.25) is 0 Å². The minimum absolute atomic E-state index is 0.0535. The minimum Gasteiger partial charge on any atom is -0.480 e. The fourth-order valence-corrected chi connectivity index (χ4v) is 1.68. The van der Waals surface area contributed by atoms with Crippen LogP contribution in [-0.2, 0) is 0 Å². The maximum absolute atomic E-state index is 11.7. The van der Waals surface area contributed by atoms with Crippen molar-refractivity contribution in [1.82, 2.24) is 19.5 Å². The molecule has 0 radical (unpaired) electrons. The summed E-state index contributed by atoms with van der Waals surface area (Å²) in [6, 6.07) is 1.72. The Hall–Kier alpha value is -2.37. The molecule has 0 bridgehead atoms. The van der Waals surface area contributed by atoms with Crippen LogP contribution in [0, 0.1) is 0 Å². The van der Waals surface area contributed by atoms with Crippen molar-refractivity contribution >= 4 is 17.5 Å². The summed E-state index contributed by atoms with van der Waals surface area (Å²) in [5.41, 5.74) is 1.85. The van der Waals surface area contributed by atoms with Crippen LogP contribution in [-0.4, -0.2) is 46.5 Å². The van der Waals surface area contributed by atoms with Crippen molar-refractivity contribution in [2.45, 2.75) is 6.92 Å². The van der Waals surface area contributed by atoms with Crippen molar-refractivity contribution in [3.05, 3.63) is 29.7 Å². The molecule has 2 aromatic heterocycles. The van der Waals surface area contributed by atoms with E-state index in [1.165, 1.54) is 6.92 Å². The first-order valence-corrected chi connectivity index (χ1v) is 5.81. The van der Waals surface area contributed by atoms with Crippen LogP contribution in [0.4, 0.5) is 0 Å². The first-order chi connectivity index (χ1) is 9.02. The summed E-state index contributed by atoms with van der Waals surface area (Å²) in [5.74, 6) is 0.412. The van der Waals surface area contributed by atoms with Gasteiger partial charge >= 0.3 is 0 Å². The first kappa shape index (κ1) is 13.1. The first-order valence-electron chi connectivity index (χ1n) is 5.81. The Bertz CT molecular complexity index is 643. The molecule has 2 aromatic rings. The van der Waals surface area contributed by atoms with E-state index in [9.17, 15) is 4.79 Å². The van der Waals surface area contributed by atoms with Gasteiger partial charge in [-0.15, -0.1) is 5.10 Å². The Balaban J connectivity index is 2.68. The average molecular weight is 260 g/mol. The van der Waals surface area contributed by atoms with Gasteiger partial charge in [-0.2, -0.15) is 0 Å². The van der Waals surface area contributed by atoms with E-state index < -0.39 is 0 Å². The molecule has 0 aromatic carbocycles. The predicted molar refractivity (Wildman–Crippen MR) is 72.3 cm³/mol. The topological polar surface area (TPSA) is 59.7 Å². The molecule has 100 valence electrons. The summed E-state index contributed by atoms with van der Waals surface area (Å²) in [6.45, 7) is 1.51. The van der Waals surface area contributed by atoms with E-state index in [1.54, 1.807) is 23.9 Å². The van der Waals surface area contributed by atoms with Crippen molar-refractivity contribution < 1.29 is 9.53 Å². The highest BCUT2D eigenvalue weighted by molar-refractivity contribution is 5.97. The Morgan fingerprint density at radius 2 is 2.21 bits per heavy atom. The quantitative estimate of drug-likeness (QED) is 0.779. The normalized spacial score (nSPS) is 11.2. The number of hydrogen-bond donors (Lipinski definition) is 0. The summed E-state index contributed by atoms with van der Waals surface area (Å²) in [6.07, 6.45) is 5.25. The predicted octanol–water partition coefficient (Wildman–Crippen LogP) is 1.47. The van der Waals surface area contributed by atoms with Crippen molar-refractivity contribution in [1.29, 1.82) is 0 Å². The van der Waals surface area contributed by atoms with Gasteiger partial charge in [0.1, 0.15) is 0 Å². The van der Waals surface area contributed by atoms with Gasteiger partial charge in [-0.3, -0.25) is 4.79 Å². The second kappa shape index (κ2) is 5.09. The molecule has 0 saturated heterocycles. The standard InChI is InChI=1S/C13H16N4O2/c1-9(18)10-8-14-12-7-13(19-4)15-17(12)11(10)5-6-16(2)3/h5-8H,1-4H3/b6-5+. The number of ketones is 1. The number of rotatable bonds is 4. The Kier molecular flexibility index (Phi) is 3.50. The second-order valence-electron chi connectivity index (χ2n) is 4.35. The monoisotopic (exact) mass is 260 g/mol. The van der Waals surface area contributed by atoms with E-state index in [-0.39, 0.29) is 5.78 Å². The Morgan fingerprint density at radius 1 is 1.47 bits per heavy atom. The maximum Gasteiger partial charge on any atom is 0.235 e. The molecule has 6 nitrogen and oxygen atoms in total. The fourth-order valence-electron chi connectivity index (χ4n) is 1.68. The molecule has 19 heavy (non-hydrogen) atoms. The maximum atomic E-state index is 11.7. The molecule has 0 spiro atoms. The van der Waals surface area contributed by atoms with Crippen molar-refractivity contribution in [3.8, 4) is 5.88 Å². The molecule has 2 heterocycles. The summed E-state index contributed by atoms with van der Waals surface area (Å²) < 4.78 is 6.70. The third-order valence-electron chi connectivity index (χ3n) is 2.62. The van der Waals surface area contributed by atoms with E-state index in [4.69, 9.17) is 4.74 Å². The number of carbonyl (C=O) groups is 1. The lowest BCUT2D eigenvalue weighted by Crippen LogP contribution is -2.07. The molecular weight excluding hydrogens is 244 g/mol. The highest BCUT2D eigenvalue weighted by Gasteiger charge is 2.13. The number of carbonyl (C=O) groups excluding carboxylic acids is 1. The van der Waals surface area contributed by atoms with Gasteiger partial charge in [-0.05, 0) is 13.0 Å².